The number of nitrogens with zero attached hydrogens (tertiary/aromatic N) is 7. The lowest BCUT2D eigenvalue weighted by molar-refractivity contribution is -0.138. The fraction of sp³-hybridized carbons (Fsp3) is 0.545. The smallest absolute Gasteiger partial charge is 0.416 e. The minimum absolute atomic E-state index is 0.0300. The lowest BCUT2D eigenvalue weighted by Crippen LogP contribution is -2.49. The molecular weight excluding hydrogens is 599 g/mol. The van der Waals surface area contributed by atoms with Gasteiger partial charge < -0.3 is 14.0 Å². The third-order valence-corrected chi connectivity index (χ3v) is 9.27. The summed E-state index contributed by atoms with van der Waals surface area (Å²) in [6, 6.07) is 8.38. The van der Waals surface area contributed by atoms with Gasteiger partial charge in [-0.3, -0.25) is 14.6 Å². The largest absolute Gasteiger partial charge is 0.459 e. The number of benzene rings is 1. The molecule has 1 amide bonds. The molecular formula is C33H38F3N7O3. The van der Waals surface area contributed by atoms with Crippen LogP contribution in [0.5, 0.6) is 5.88 Å². The van der Waals surface area contributed by atoms with Crippen LogP contribution in [0.15, 0.2) is 30.6 Å². The molecule has 6 rings (SSSR count). The zero-order valence-corrected chi connectivity index (χ0v) is 26.5. The molecule has 2 aromatic heterocycles. The molecule has 5 heterocycles. The highest BCUT2D eigenvalue weighted by molar-refractivity contribution is 6.10. The second kappa shape index (κ2) is 12.3. The van der Waals surface area contributed by atoms with Crippen LogP contribution < -0.4 is 9.64 Å². The maximum atomic E-state index is 14.5. The van der Waals surface area contributed by atoms with Crippen LogP contribution in [0.2, 0.25) is 0 Å². The summed E-state index contributed by atoms with van der Waals surface area (Å²) in [4.78, 5) is 22.0. The van der Waals surface area contributed by atoms with Gasteiger partial charge >= 0.3 is 6.18 Å². The number of nitriles is 1. The topological polar surface area (TPSA) is 109 Å². The first kappa shape index (κ1) is 31.9. The minimum atomic E-state index is -4.64. The molecule has 10 nitrogen and oxygen atoms in total. The first-order chi connectivity index (χ1) is 21.9. The molecule has 0 N–H and O–H groups in total. The van der Waals surface area contributed by atoms with Crippen LogP contribution in [-0.2, 0) is 42.9 Å². The Balaban J connectivity index is 1.39. The summed E-state index contributed by atoms with van der Waals surface area (Å²) in [5, 5.41) is 18.0. The number of carbonyl (C=O) groups is 1. The Morgan fingerprint density at radius 1 is 1.22 bits per heavy atom. The summed E-state index contributed by atoms with van der Waals surface area (Å²) in [6.45, 7) is 8.18. The number of anilines is 1. The van der Waals surface area contributed by atoms with Gasteiger partial charge in [0.05, 0.1) is 25.3 Å². The molecule has 1 unspecified atom stereocenters. The van der Waals surface area contributed by atoms with Gasteiger partial charge in [0.2, 0.25) is 5.88 Å². The lowest BCUT2D eigenvalue weighted by atomic mass is 9.75. The second-order valence-electron chi connectivity index (χ2n) is 13.3. The van der Waals surface area contributed by atoms with Gasteiger partial charge in [0.1, 0.15) is 24.0 Å². The number of aromatic nitrogens is 4. The van der Waals surface area contributed by atoms with E-state index in [4.69, 9.17) is 9.47 Å². The number of rotatable bonds is 9. The predicted molar refractivity (Wildman–Crippen MR) is 162 cm³/mol. The Bertz CT molecular complexity index is 1660. The number of pyridine rings is 1. The average Bonchev–Trinajstić information content (AvgIpc) is 3.54. The van der Waals surface area contributed by atoms with Gasteiger partial charge in [0.15, 0.2) is 6.10 Å². The number of carbonyl (C=O) groups excluding carboxylic acids is 1. The van der Waals surface area contributed by atoms with Crippen LogP contribution in [0.1, 0.15) is 72.0 Å². The maximum absolute atomic E-state index is 14.5. The molecule has 2 atom stereocenters. The molecule has 244 valence electrons. The number of ether oxygens (including phenoxy) is 2. The number of hydrogen-bond donors (Lipinski definition) is 0. The number of aryl methyl sites for hydroxylation is 1. The molecule has 3 aliphatic rings. The molecule has 3 aliphatic heterocycles. The molecule has 0 aliphatic carbocycles. The van der Waals surface area contributed by atoms with E-state index in [2.05, 4.69) is 33.1 Å². The van der Waals surface area contributed by atoms with E-state index in [1.165, 1.54) is 11.0 Å². The third-order valence-electron chi connectivity index (χ3n) is 9.27. The van der Waals surface area contributed by atoms with Crippen LogP contribution in [0.3, 0.4) is 0 Å². The molecule has 2 fully saturated rings. The Hall–Kier alpha value is -4.02. The number of likely N-dealkylation sites (tertiary alicyclic amines) is 1. The molecule has 0 saturated carbocycles. The van der Waals surface area contributed by atoms with Crippen molar-refractivity contribution in [2.45, 2.75) is 70.8 Å². The molecule has 46 heavy (non-hydrogen) atoms. The van der Waals surface area contributed by atoms with E-state index in [1.807, 2.05) is 25.5 Å². The van der Waals surface area contributed by atoms with Crippen molar-refractivity contribution in [1.29, 1.82) is 5.26 Å². The highest BCUT2D eigenvalue weighted by Crippen LogP contribution is 2.42. The first-order valence-electron chi connectivity index (χ1n) is 15.6. The molecule has 13 heteroatoms. The van der Waals surface area contributed by atoms with Crippen molar-refractivity contribution in [3.05, 3.63) is 64.2 Å². The van der Waals surface area contributed by atoms with E-state index in [0.717, 1.165) is 37.3 Å². The quantitative estimate of drug-likeness (QED) is 0.321. The number of piperidine rings is 1. The van der Waals surface area contributed by atoms with Crippen LogP contribution >= 0.6 is 0 Å². The van der Waals surface area contributed by atoms with Crippen LogP contribution in [0.4, 0.5) is 19.0 Å². The zero-order chi connectivity index (χ0) is 32.8. The summed E-state index contributed by atoms with van der Waals surface area (Å²) in [5.41, 5.74) is -0.222. The fourth-order valence-corrected chi connectivity index (χ4v) is 6.61. The van der Waals surface area contributed by atoms with Crippen LogP contribution in [0.25, 0.3) is 0 Å². The van der Waals surface area contributed by atoms with Gasteiger partial charge in [0, 0.05) is 49.5 Å². The monoisotopic (exact) mass is 637 g/mol. The second-order valence-corrected chi connectivity index (χ2v) is 13.3. The van der Waals surface area contributed by atoms with E-state index < -0.39 is 29.2 Å². The molecule has 0 spiro atoms. The van der Waals surface area contributed by atoms with Crippen molar-refractivity contribution in [2.24, 2.45) is 18.9 Å². The van der Waals surface area contributed by atoms with Gasteiger partial charge in [-0.05, 0) is 60.2 Å². The van der Waals surface area contributed by atoms with Crippen molar-refractivity contribution in [1.82, 2.24) is 24.6 Å². The Morgan fingerprint density at radius 2 is 2.00 bits per heavy atom. The first-order valence-corrected chi connectivity index (χ1v) is 15.6. The Kier molecular flexibility index (Phi) is 8.54. The van der Waals surface area contributed by atoms with E-state index in [-0.39, 0.29) is 35.3 Å². The highest BCUT2D eigenvalue weighted by atomic mass is 19.4. The summed E-state index contributed by atoms with van der Waals surface area (Å²) >= 11 is 0. The average molecular weight is 638 g/mol. The van der Waals surface area contributed by atoms with Crippen molar-refractivity contribution in [2.75, 3.05) is 31.2 Å². The molecule has 1 aromatic carbocycles. The highest BCUT2D eigenvalue weighted by Gasteiger charge is 2.44. The van der Waals surface area contributed by atoms with Crippen molar-refractivity contribution < 1.29 is 27.4 Å². The zero-order valence-electron chi connectivity index (χ0n) is 26.5. The van der Waals surface area contributed by atoms with Gasteiger partial charge in [-0.15, -0.1) is 10.2 Å². The maximum Gasteiger partial charge on any atom is 0.416 e. The Labute approximate surface area is 266 Å². The van der Waals surface area contributed by atoms with Crippen molar-refractivity contribution in [3.63, 3.8) is 0 Å². The fourth-order valence-electron chi connectivity index (χ4n) is 6.61. The van der Waals surface area contributed by atoms with Gasteiger partial charge in [-0.2, -0.15) is 23.4 Å². The molecule has 0 radical (unpaired) electrons. The van der Waals surface area contributed by atoms with E-state index in [1.54, 1.807) is 24.5 Å². The summed E-state index contributed by atoms with van der Waals surface area (Å²) in [6.07, 6.45) is -1.32. The van der Waals surface area contributed by atoms with Crippen molar-refractivity contribution in [3.8, 4) is 11.9 Å². The van der Waals surface area contributed by atoms with Gasteiger partial charge in [-0.1, -0.05) is 20.8 Å². The van der Waals surface area contributed by atoms with E-state index >= 15 is 0 Å². The SMILES string of the molecule is CC(C)C(C#N)Oc1cc(C2(Cc3nncn3C)COC2)cc(N2Cc3c(cc(CN4CCC[C@H](C)C4)cc3C(F)(F)F)C2=O)n1. The third kappa shape index (κ3) is 6.20. The lowest BCUT2D eigenvalue weighted by Gasteiger charge is -2.42. The molecule has 3 aromatic rings. The Morgan fingerprint density at radius 3 is 2.61 bits per heavy atom. The summed E-state index contributed by atoms with van der Waals surface area (Å²) in [5.74, 6) is 0.724. The number of halogens is 3. The summed E-state index contributed by atoms with van der Waals surface area (Å²) in [7, 11) is 1.84. The van der Waals surface area contributed by atoms with Crippen LogP contribution in [-0.4, -0.2) is 63.0 Å². The normalized spacial score (nSPS) is 20.4. The number of hydrogen-bond acceptors (Lipinski definition) is 8. The standard InChI is InChI=1S/C33H38F3N7O3/c1-20(2)27(13-37)46-30-11-23(32(17-45-18-32)12-29-40-38-19-41(29)4)10-28(39-30)43-16-25-24(31(43)44)8-22(9-26(25)33(34,35)36)15-42-7-5-6-21(3)14-42/h8-11,19-21,27H,5-7,12,14-18H2,1-4H3/t21-,27?/m0/s1. The van der Waals surface area contributed by atoms with Crippen molar-refractivity contribution >= 4 is 11.7 Å². The molecule has 2 saturated heterocycles. The van der Waals surface area contributed by atoms with E-state index in [9.17, 15) is 23.2 Å². The van der Waals surface area contributed by atoms with E-state index in [0.29, 0.717) is 37.7 Å². The van der Waals surface area contributed by atoms with Crippen LogP contribution in [0, 0.1) is 23.2 Å². The molecule has 0 bridgehead atoms. The minimum Gasteiger partial charge on any atom is -0.459 e. The predicted octanol–water partition coefficient (Wildman–Crippen LogP) is 5.06. The summed E-state index contributed by atoms with van der Waals surface area (Å²) < 4.78 is 57.0. The number of fused-ring (bicyclic) bond motifs is 1. The number of amides is 1. The van der Waals surface area contributed by atoms with Gasteiger partial charge in [-0.25, -0.2) is 0 Å². The number of alkyl halides is 3. The van der Waals surface area contributed by atoms with Gasteiger partial charge in [0.25, 0.3) is 5.91 Å².